The molecule has 6 heteroatoms. The van der Waals surface area contributed by atoms with E-state index in [2.05, 4.69) is 21.2 Å². The van der Waals surface area contributed by atoms with E-state index in [1.807, 2.05) is 0 Å². The highest BCUT2D eigenvalue weighted by molar-refractivity contribution is 9.10. The first-order valence-electron chi connectivity index (χ1n) is 6.37. The van der Waals surface area contributed by atoms with Crippen molar-refractivity contribution in [2.45, 2.75) is 23.8 Å². The monoisotopic (exact) mass is 347 g/mol. The maximum atomic E-state index is 12.1. The van der Waals surface area contributed by atoms with Crippen molar-refractivity contribution in [1.29, 1.82) is 0 Å². The van der Waals surface area contributed by atoms with Gasteiger partial charge in [-0.15, -0.1) is 0 Å². The van der Waals surface area contributed by atoms with E-state index in [1.54, 1.807) is 24.3 Å². The van der Waals surface area contributed by atoms with Crippen molar-refractivity contribution in [3.63, 3.8) is 0 Å². The molecule has 106 valence electrons. The average molecular weight is 348 g/mol. The third-order valence-corrected chi connectivity index (χ3v) is 5.46. The standard InChI is InChI=1S/C13H18BrNO3S/c14-11-1-3-13(4-2-11)19(16,17)10-7-15-12-5-8-18-9-6-12/h1-4,12,15H,5-10H2. The van der Waals surface area contributed by atoms with Crippen LogP contribution in [0.15, 0.2) is 33.6 Å². The molecule has 0 atom stereocenters. The number of nitrogens with one attached hydrogen (secondary N) is 1. The van der Waals surface area contributed by atoms with E-state index in [1.165, 1.54) is 0 Å². The summed E-state index contributed by atoms with van der Waals surface area (Å²) in [4.78, 5) is 0.379. The normalized spacial score (nSPS) is 17.5. The molecule has 0 spiro atoms. The second-order valence-corrected chi connectivity index (χ2v) is 7.64. The number of ether oxygens (including phenoxy) is 1. The van der Waals surface area contributed by atoms with Crippen molar-refractivity contribution in [2.24, 2.45) is 0 Å². The van der Waals surface area contributed by atoms with Gasteiger partial charge in [0.05, 0.1) is 10.6 Å². The Morgan fingerprint density at radius 2 is 1.84 bits per heavy atom. The molecule has 1 fully saturated rings. The fraction of sp³-hybridized carbons (Fsp3) is 0.538. The van der Waals surface area contributed by atoms with Crippen molar-refractivity contribution in [3.8, 4) is 0 Å². The second kappa shape index (κ2) is 6.83. The second-order valence-electron chi connectivity index (χ2n) is 4.61. The van der Waals surface area contributed by atoms with E-state index in [0.29, 0.717) is 17.5 Å². The van der Waals surface area contributed by atoms with Crippen molar-refractivity contribution < 1.29 is 13.2 Å². The number of halogens is 1. The van der Waals surface area contributed by atoms with Crippen LogP contribution < -0.4 is 5.32 Å². The van der Waals surface area contributed by atoms with Gasteiger partial charge in [0.25, 0.3) is 0 Å². The zero-order chi connectivity index (χ0) is 13.7. The molecule has 0 bridgehead atoms. The summed E-state index contributed by atoms with van der Waals surface area (Å²) in [6.07, 6.45) is 1.91. The molecule has 1 heterocycles. The minimum atomic E-state index is -3.19. The molecule has 1 N–H and O–H groups in total. The van der Waals surface area contributed by atoms with Gasteiger partial charge >= 0.3 is 0 Å². The Bertz CT molecular complexity index is 495. The Hall–Kier alpha value is -0.430. The van der Waals surface area contributed by atoms with Crippen LogP contribution in [0.25, 0.3) is 0 Å². The zero-order valence-corrected chi connectivity index (χ0v) is 13.0. The molecule has 2 rings (SSSR count). The van der Waals surface area contributed by atoms with Crippen molar-refractivity contribution >= 4 is 25.8 Å². The van der Waals surface area contributed by atoms with Gasteiger partial charge in [0.1, 0.15) is 0 Å². The first-order valence-corrected chi connectivity index (χ1v) is 8.82. The minimum absolute atomic E-state index is 0.131. The number of benzene rings is 1. The lowest BCUT2D eigenvalue weighted by Crippen LogP contribution is -2.37. The minimum Gasteiger partial charge on any atom is -0.381 e. The Morgan fingerprint density at radius 3 is 2.47 bits per heavy atom. The smallest absolute Gasteiger partial charge is 0.179 e. The van der Waals surface area contributed by atoms with Gasteiger partial charge in [0, 0.05) is 30.3 Å². The van der Waals surface area contributed by atoms with Crippen LogP contribution in [-0.2, 0) is 14.6 Å². The number of rotatable bonds is 5. The van der Waals surface area contributed by atoms with Crippen LogP contribution >= 0.6 is 15.9 Å². The number of hydrogen-bond donors (Lipinski definition) is 1. The van der Waals surface area contributed by atoms with Crippen molar-refractivity contribution in [2.75, 3.05) is 25.5 Å². The summed E-state index contributed by atoms with van der Waals surface area (Å²) in [6.45, 7) is 2.01. The van der Waals surface area contributed by atoms with E-state index in [-0.39, 0.29) is 5.75 Å². The van der Waals surface area contributed by atoms with Crippen LogP contribution in [0.4, 0.5) is 0 Å². The number of sulfone groups is 1. The third kappa shape index (κ3) is 4.56. The molecule has 0 amide bonds. The molecule has 1 aliphatic heterocycles. The summed E-state index contributed by atoms with van der Waals surface area (Å²) in [5.74, 6) is 0.131. The average Bonchev–Trinajstić information content (AvgIpc) is 2.40. The van der Waals surface area contributed by atoms with Gasteiger partial charge in [0.2, 0.25) is 0 Å². The van der Waals surface area contributed by atoms with Crippen LogP contribution in [0.3, 0.4) is 0 Å². The molecule has 1 aromatic carbocycles. The summed E-state index contributed by atoms with van der Waals surface area (Å²) in [6, 6.07) is 7.15. The molecule has 1 aliphatic rings. The van der Waals surface area contributed by atoms with Crippen LogP contribution in [0, 0.1) is 0 Å². The molecule has 4 nitrogen and oxygen atoms in total. The maximum Gasteiger partial charge on any atom is 0.179 e. The summed E-state index contributed by atoms with van der Waals surface area (Å²) >= 11 is 3.30. The van der Waals surface area contributed by atoms with Gasteiger partial charge < -0.3 is 10.1 Å². The van der Waals surface area contributed by atoms with E-state index < -0.39 is 9.84 Å². The van der Waals surface area contributed by atoms with Crippen molar-refractivity contribution in [3.05, 3.63) is 28.7 Å². The van der Waals surface area contributed by atoms with E-state index >= 15 is 0 Å². The summed E-state index contributed by atoms with van der Waals surface area (Å²) < 4.78 is 30.4. The largest absolute Gasteiger partial charge is 0.381 e. The third-order valence-electron chi connectivity index (χ3n) is 3.20. The molecule has 19 heavy (non-hydrogen) atoms. The van der Waals surface area contributed by atoms with Gasteiger partial charge in [-0.05, 0) is 37.1 Å². The Labute approximate surface area is 122 Å². The first-order chi connectivity index (χ1) is 9.08. The zero-order valence-electron chi connectivity index (χ0n) is 10.6. The lowest BCUT2D eigenvalue weighted by atomic mass is 10.1. The highest BCUT2D eigenvalue weighted by atomic mass is 79.9. The topological polar surface area (TPSA) is 55.4 Å². The molecule has 0 aromatic heterocycles. The fourth-order valence-electron chi connectivity index (χ4n) is 2.06. The molecule has 0 unspecified atom stereocenters. The van der Waals surface area contributed by atoms with Crippen LogP contribution in [0.2, 0.25) is 0 Å². The Kier molecular flexibility index (Phi) is 5.38. The molecular weight excluding hydrogens is 330 g/mol. The SMILES string of the molecule is O=S(=O)(CCNC1CCOCC1)c1ccc(Br)cc1. The highest BCUT2D eigenvalue weighted by Gasteiger charge is 2.17. The van der Waals surface area contributed by atoms with E-state index in [0.717, 1.165) is 30.5 Å². The fourth-order valence-corrected chi connectivity index (χ4v) is 3.50. The first kappa shape index (κ1) is 15.0. The maximum absolute atomic E-state index is 12.1. The van der Waals surface area contributed by atoms with Gasteiger partial charge in [-0.3, -0.25) is 0 Å². The van der Waals surface area contributed by atoms with Gasteiger partial charge in [0.15, 0.2) is 9.84 Å². The van der Waals surface area contributed by atoms with Crippen LogP contribution in [-0.4, -0.2) is 40.0 Å². The van der Waals surface area contributed by atoms with Gasteiger partial charge in [-0.2, -0.15) is 0 Å². The van der Waals surface area contributed by atoms with Crippen LogP contribution in [0.5, 0.6) is 0 Å². The Morgan fingerprint density at radius 1 is 1.21 bits per heavy atom. The molecule has 0 saturated carbocycles. The Balaban J connectivity index is 1.85. The van der Waals surface area contributed by atoms with E-state index in [4.69, 9.17) is 4.74 Å². The summed E-state index contributed by atoms with van der Waals surface area (Å²) in [5, 5.41) is 3.29. The highest BCUT2D eigenvalue weighted by Crippen LogP contribution is 2.15. The predicted molar refractivity (Wildman–Crippen MR) is 78.0 cm³/mol. The van der Waals surface area contributed by atoms with E-state index in [9.17, 15) is 8.42 Å². The van der Waals surface area contributed by atoms with Gasteiger partial charge in [-0.1, -0.05) is 15.9 Å². The lowest BCUT2D eigenvalue weighted by Gasteiger charge is -2.23. The summed E-state index contributed by atoms with van der Waals surface area (Å²) in [7, 11) is -3.19. The van der Waals surface area contributed by atoms with Gasteiger partial charge in [-0.25, -0.2) is 8.42 Å². The summed E-state index contributed by atoms with van der Waals surface area (Å²) in [5.41, 5.74) is 0. The predicted octanol–water partition coefficient (Wildman–Crippen LogP) is 1.99. The van der Waals surface area contributed by atoms with Crippen LogP contribution in [0.1, 0.15) is 12.8 Å². The molecular formula is C13H18BrNO3S. The number of hydrogen-bond acceptors (Lipinski definition) is 4. The lowest BCUT2D eigenvalue weighted by molar-refractivity contribution is 0.0785. The molecule has 0 aliphatic carbocycles. The molecule has 0 radical (unpaired) electrons. The molecule has 1 aromatic rings. The quantitative estimate of drug-likeness (QED) is 0.884. The van der Waals surface area contributed by atoms with Crippen molar-refractivity contribution in [1.82, 2.24) is 5.32 Å². The molecule has 1 saturated heterocycles.